The first-order chi connectivity index (χ1) is 8.58. The van der Waals surface area contributed by atoms with Crippen LogP contribution >= 0.6 is 0 Å². The monoisotopic (exact) mass is 250 g/mol. The molecule has 0 saturated heterocycles. The van der Waals surface area contributed by atoms with Crippen LogP contribution in [0.4, 0.5) is 4.39 Å². The summed E-state index contributed by atoms with van der Waals surface area (Å²) >= 11 is 0. The molecule has 0 unspecified atom stereocenters. The highest BCUT2D eigenvalue weighted by atomic mass is 19.1. The van der Waals surface area contributed by atoms with Crippen molar-refractivity contribution in [2.75, 3.05) is 0 Å². The summed E-state index contributed by atoms with van der Waals surface area (Å²) in [7, 11) is 0. The number of benzene rings is 1. The summed E-state index contributed by atoms with van der Waals surface area (Å²) in [5.41, 5.74) is 0. The van der Waals surface area contributed by atoms with Gasteiger partial charge < -0.3 is 14.3 Å². The summed E-state index contributed by atoms with van der Waals surface area (Å²) in [5.74, 6) is -1.38. The van der Waals surface area contributed by atoms with Crippen molar-refractivity contribution in [2.45, 2.75) is 13.0 Å². The van der Waals surface area contributed by atoms with Crippen LogP contribution in [0, 0.1) is 5.82 Å². The molecule has 4 nitrogen and oxygen atoms in total. The molecule has 0 aliphatic carbocycles. The lowest BCUT2D eigenvalue weighted by Gasteiger charge is -2.12. The largest absolute Gasteiger partial charge is 0.480 e. The predicted molar refractivity (Wildman–Crippen MR) is 61.1 cm³/mol. The number of ether oxygens (including phenoxy) is 1. The lowest BCUT2D eigenvalue weighted by Crippen LogP contribution is -2.03. The number of furan rings is 1. The number of carboxylic acid groups (broad SMARTS) is 1. The van der Waals surface area contributed by atoms with Gasteiger partial charge in [-0.3, -0.25) is 0 Å². The van der Waals surface area contributed by atoms with Crippen molar-refractivity contribution in [3.05, 3.63) is 53.7 Å². The second-order valence-electron chi connectivity index (χ2n) is 3.70. The van der Waals surface area contributed by atoms with Crippen LogP contribution in [0.3, 0.4) is 0 Å². The van der Waals surface area contributed by atoms with Crippen molar-refractivity contribution in [1.82, 2.24) is 0 Å². The van der Waals surface area contributed by atoms with E-state index in [-0.39, 0.29) is 11.5 Å². The van der Waals surface area contributed by atoms with Crippen molar-refractivity contribution < 1.29 is 23.4 Å². The van der Waals surface area contributed by atoms with Crippen molar-refractivity contribution >= 4 is 5.97 Å². The first-order valence-corrected chi connectivity index (χ1v) is 5.32. The fourth-order valence-corrected chi connectivity index (χ4v) is 1.48. The van der Waals surface area contributed by atoms with Crippen LogP contribution in [-0.4, -0.2) is 11.1 Å². The standard InChI is InChI=1S/C13H11FO4/c1-8(10-6-7-12(18-10)13(15)16)17-11-5-3-2-4-9(11)14/h2-8H,1H3,(H,15,16)/t8-/m1/s1. The van der Waals surface area contributed by atoms with Crippen LogP contribution in [0.25, 0.3) is 0 Å². The molecule has 5 heteroatoms. The Kier molecular flexibility index (Phi) is 3.32. The first-order valence-electron chi connectivity index (χ1n) is 5.32. The Morgan fingerprint density at radius 3 is 2.67 bits per heavy atom. The van der Waals surface area contributed by atoms with Gasteiger partial charge in [-0.15, -0.1) is 0 Å². The molecule has 0 aliphatic rings. The minimum absolute atomic E-state index is 0.0956. The Balaban J connectivity index is 2.14. The van der Waals surface area contributed by atoms with Gasteiger partial charge in [-0.05, 0) is 31.2 Å². The molecule has 1 atom stereocenters. The number of carbonyl (C=O) groups is 1. The average Bonchev–Trinajstić information content (AvgIpc) is 2.81. The summed E-state index contributed by atoms with van der Waals surface area (Å²) in [5, 5.41) is 8.72. The van der Waals surface area contributed by atoms with Crippen LogP contribution in [0.2, 0.25) is 0 Å². The topological polar surface area (TPSA) is 59.7 Å². The van der Waals surface area contributed by atoms with E-state index in [4.69, 9.17) is 14.3 Å². The molecular weight excluding hydrogens is 239 g/mol. The maximum absolute atomic E-state index is 13.3. The van der Waals surface area contributed by atoms with Crippen LogP contribution in [0.15, 0.2) is 40.8 Å². The fourth-order valence-electron chi connectivity index (χ4n) is 1.48. The molecule has 2 rings (SSSR count). The number of hydrogen-bond donors (Lipinski definition) is 1. The van der Waals surface area contributed by atoms with E-state index in [9.17, 15) is 9.18 Å². The predicted octanol–water partition coefficient (Wildman–Crippen LogP) is 3.26. The summed E-state index contributed by atoms with van der Waals surface area (Å²) < 4.78 is 23.8. The Morgan fingerprint density at radius 1 is 1.33 bits per heavy atom. The zero-order valence-electron chi connectivity index (χ0n) is 9.59. The summed E-state index contributed by atoms with van der Waals surface area (Å²) in [6.45, 7) is 1.65. The van der Waals surface area contributed by atoms with E-state index in [1.165, 1.54) is 24.3 Å². The molecule has 1 N–H and O–H groups in total. The van der Waals surface area contributed by atoms with Gasteiger partial charge in [-0.2, -0.15) is 0 Å². The van der Waals surface area contributed by atoms with Crippen molar-refractivity contribution in [3.63, 3.8) is 0 Å². The molecule has 0 amide bonds. The zero-order chi connectivity index (χ0) is 13.1. The number of aromatic carboxylic acids is 1. The summed E-state index contributed by atoms with van der Waals surface area (Å²) in [6.07, 6.45) is -0.574. The van der Waals surface area contributed by atoms with E-state index in [0.717, 1.165) is 0 Å². The second-order valence-corrected chi connectivity index (χ2v) is 3.70. The van der Waals surface area contributed by atoms with Gasteiger partial charge in [0.1, 0.15) is 5.76 Å². The van der Waals surface area contributed by atoms with Gasteiger partial charge in [0.15, 0.2) is 17.7 Å². The van der Waals surface area contributed by atoms with Gasteiger partial charge in [0.2, 0.25) is 5.76 Å². The van der Waals surface area contributed by atoms with Crippen molar-refractivity contribution in [1.29, 1.82) is 0 Å². The second kappa shape index (κ2) is 4.91. The number of carboxylic acids is 1. The van der Waals surface area contributed by atoms with Gasteiger partial charge in [-0.25, -0.2) is 9.18 Å². The molecule has 1 aromatic heterocycles. The Labute approximate surface area is 103 Å². The summed E-state index contributed by atoms with van der Waals surface area (Å²) in [6, 6.07) is 8.81. The zero-order valence-corrected chi connectivity index (χ0v) is 9.59. The molecule has 1 aromatic carbocycles. The van der Waals surface area contributed by atoms with E-state index >= 15 is 0 Å². The third-order valence-corrected chi connectivity index (χ3v) is 2.38. The quantitative estimate of drug-likeness (QED) is 0.904. The highest BCUT2D eigenvalue weighted by Crippen LogP contribution is 2.25. The van der Waals surface area contributed by atoms with Crippen LogP contribution < -0.4 is 4.74 Å². The average molecular weight is 250 g/mol. The molecule has 0 spiro atoms. The molecule has 0 radical (unpaired) electrons. The first kappa shape index (κ1) is 12.2. The van der Waals surface area contributed by atoms with Gasteiger partial charge in [0.25, 0.3) is 0 Å². The molecule has 2 aromatic rings. The highest BCUT2D eigenvalue weighted by molar-refractivity contribution is 5.84. The van der Waals surface area contributed by atoms with E-state index in [1.807, 2.05) is 0 Å². The van der Waals surface area contributed by atoms with Crippen molar-refractivity contribution in [2.24, 2.45) is 0 Å². The van der Waals surface area contributed by atoms with E-state index in [0.29, 0.717) is 5.76 Å². The normalized spacial score (nSPS) is 12.1. The lowest BCUT2D eigenvalue weighted by atomic mass is 10.3. The smallest absolute Gasteiger partial charge is 0.371 e. The number of hydrogen-bond acceptors (Lipinski definition) is 3. The van der Waals surface area contributed by atoms with E-state index in [2.05, 4.69) is 0 Å². The van der Waals surface area contributed by atoms with Gasteiger partial charge in [-0.1, -0.05) is 12.1 Å². The minimum Gasteiger partial charge on any atom is -0.480 e. The van der Waals surface area contributed by atoms with Crippen LogP contribution in [0.5, 0.6) is 5.75 Å². The molecule has 0 fully saturated rings. The Morgan fingerprint density at radius 2 is 2.06 bits per heavy atom. The molecule has 1 heterocycles. The number of para-hydroxylation sites is 1. The molecule has 18 heavy (non-hydrogen) atoms. The molecule has 94 valence electrons. The number of rotatable bonds is 4. The molecule has 0 saturated carbocycles. The van der Waals surface area contributed by atoms with Crippen LogP contribution in [-0.2, 0) is 0 Å². The fraction of sp³-hybridized carbons (Fsp3) is 0.154. The summed E-state index contributed by atoms with van der Waals surface area (Å²) in [4.78, 5) is 10.7. The minimum atomic E-state index is -1.15. The maximum atomic E-state index is 13.3. The third-order valence-electron chi connectivity index (χ3n) is 2.38. The van der Waals surface area contributed by atoms with Crippen molar-refractivity contribution in [3.8, 4) is 5.75 Å². The lowest BCUT2D eigenvalue weighted by molar-refractivity contribution is 0.0655. The SMILES string of the molecule is C[C@@H](Oc1ccccc1F)c1ccc(C(=O)O)o1. The van der Waals surface area contributed by atoms with E-state index < -0.39 is 17.9 Å². The number of halogens is 1. The molecule has 0 aliphatic heterocycles. The Hall–Kier alpha value is -2.30. The van der Waals surface area contributed by atoms with Gasteiger partial charge in [0, 0.05) is 0 Å². The van der Waals surface area contributed by atoms with Gasteiger partial charge >= 0.3 is 5.97 Å². The third kappa shape index (κ3) is 2.51. The Bertz CT molecular complexity index is 562. The molecular formula is C13H11FO4. The van der Waals surface area contributed by atoms with Crippen LogP contribution in [0.1, 0.15) is 29.3 Å². The van der Waals surface area contributed by atoms with E-state index in [1.54, 1.807) is 19.1 Å². The van der Waals surface area contributed by atoms with Gasteiger partial charge in [0.05, 0.1) is 0 Å². The highest BCUT2D eigenvalue weighted by Gasteiger charge is 2.16. The molecule has 0 bridgehead atoms. The maximum Gasteiger partial charge on any atom is 0.371 e.